The van der Waals surface area contributed by atoms with E-state index < -0.39 is 0 Å². The van der Waals surface area contributed by atoms with Crippen molar-refractivity contribution >= 4 is 17.3 Å². The van der Waals surface area contributed by atoms with Gasteiger partial charge in [-0.25, -0.2) is 0 Å². The summed E-state index contributed by atoms with van der Waals surface area (Å²) in [4.78, 5) is 6.76. The molecule has 1 fully saturated rings. The topological polar surface area (TPSA) is 48.9 Å². The summed E-state index contributed by atoms with van der Waals surface area (Å²) in [6.45, 7) is 10.1. The summed E-state index contributed by atoms with van der Waals surface area (Å²) in [6.07, 6.45) is 0.229. The van der Waals surface area contributed by atoms with Gasteiger partial charge in [0.25, 0.3) is 0 Å². The van der Waals surface area contributed by atoms with Gasteiger partial charge in [0, 0.05) is 39.8 Å². The van der Waals surface area contributed by atoms with E-state index >= 15 is 0 Å². The van der Waals surface area contributed by atoms with Crippen molar-refractivity contribution in [2.75, 3.05) is 39.8 Å². The van der Waals surface area contributed by atoms with E-state index in [1.54, 1.807) is 18.4 Å². The van der Waals surface area contributed by atoms with E-state index in [0.29, 0.717) is 5.92 Å². The highest BCUT2D eigenvalue weighted by Crippen LogP contribution is 2.07. The van der Waals surface area contributed by atoms with Gasteiger partial charge in [-0.2, -0.15) is 11.3 Å². The molecule has 0 aliphatic carbocycles. The summed E-state index contributed by atoms with van der Waals surface area (Å²) in [5.74, 6) is 1.53. The van der Waals surface area contributed by atoms with Crippen LogP contribution in [0.5, 0.6) is 0 Å². The lowest BCUT2D eigenvalue weighted by Gasteiger charge is -2.34. The molecule has 1 aliphatic heterocycles. The van der Waals surface area contributed by atoms with E-state index in [2.05, 4.69) is 51.2 Å². The van der Waals surface area contributed by atoms with Gasteiger partial charge in [0.2, 0.25) is 0 Å². The lowest BCUT2D eigenvalue weighted by molar-refractivity contribution is -0.0284. The van der Waals surface area contributed by atoms with Crippen LogP contribution in [0.15, 0.2) is 21.8 Å². The third kappa shape index (κ3) is 5.94. The van der Waals surface area contributed by atoms with Crippen molar-refractivity contribution in [1.82, 2.24) is 15.5 Å². The maximum atomic E-state index is 5.85. The monoisotopic (exact) mass is 324 g/mol. The molecule has 0 aromatic carbocycles. The maximum absolute atomic E-state index is 5.85. The van der Waals surface area contributed by atoms with Crippen LogP contribution in [0.1, 0.15) is 19.4 Å². The maximum Gasteiger partial charge on any atom is 0.191 e. The summed E-state index contributed by atoms with van der Waals surface area (Å²) >= 11 is 1.71. The summed E-state index contributed by atoms with van der Waals surface area (Å²) in [7, 11) is 1.80. The van der Waals surface area contributed by atoms with Gasteiger partial charge < -0.3 is 15.4 Å². The van der Waals surface area contributed by atoms with Crippen LogP contribution >= 0.6 is 11.3 Å². The highest BCUT2D eigenvalue weighted by atomic mass is 32.1. The molecule has 1 aliphatic rings. The van der Waals surface area contributed by atoms with Gasteiger partial charge in [-0.15, -0.1) is 0 Å². The molecule has 1 atom stereocenters. The number of morpholine rings is 1. The number of rotatable bonds is 6. The molecule has 0 bridgehead atoms. The first-order chi connectivity index (χ1) is 10.7. The first kappa shape index (κ1) is 17.2. The van der Waals surface area contributed by atoms with Crippen LogP contribution in [-0.4, -0.2) is 56.8 Å². The lowest BCUT2D eigenvalue weighted by Crippen LogP contribution is -2.50. The molecule has 1 unspecified atom stereocenters. The van der Waals surface area contributed by atoms with Crippen LogP contribution in [0.4, 0.5) is 0 Å². The third-order valence-electron chi connectivity index (χ3n) is 3.61. The number of nitrogens with one attached hydrogen (secondary N) is 2. The fourth-order valence-electron chi connectivity index (χ4n) is 2.60. The van der Waals surface area contributed by atoms with E-state index in [1.165, 1.54) is 5.56 Å². The molecule has 2 heterocycles. The van der Waals surface area contributed by atoms with Crippen LogP contribution < -0.4 is 10.6 Å². The summed E-state index contributed by atoms with van der Waals surface area (Å²) in [6, 6.07) is 2.12. The molecule has 0 spiro atoms. The highest BCUT2D eigenvalue weighted by Gasteiger charge is 2.20. The number of guanidine groups is 1. The molecular formula is C16H28N4OS. The molecular weight excluding hydrogens is 296 g/mol. The van der Waals surface area contributed by atoms with Crippen molar-refractivity contribution in [3.8, 4) is 0 Å². The van der Waals surface area contributed by atoms with Gasteiger partial charge in [-0.3, -0.25) is 9.89 Å². The number of hydrogen-bond acceptors (Lipinski definition) is 4. The zero-order chi connectivity index (χ0) is 15.8. The van der Waals surface area contributed by atoms with Crippen molar-refractivity contribution in [2.45, 2.75) is 26.5 Å². The first-order valence-electron chi connectivity index (χ1n) is 7.97. The second-order valence-corrected chi connectivity index (χ2v) is 6.86. The van der Waals surface area contributed by atoms with Crippen LogP contribution in [0.25, 0.3) is 0 Å². The predicted molar refractivity (Wildman–Crippen MR) is 93.5 cm³/mol. The summed E-state index contributed by atoms with van der Waals surface area (Å²) < 4.78 is 5.85. The minimum Gasteiger partial charge on any atom is -0.374 e. The lowest BCUT2D eigenvalue weighted by atomic mass is 10.2. The number of thiophene rings is 1. The number of ether oxygens (including phenoxy) is 1. The summed E-state index contributed by atoms with van der Waals surface area (Å²) in [5.41, 5.74) is 1.28. The molecule has 22 heavy (non-hydrogen) atoms. The third-order valence-corrected chi connectivity index (χ3v) is 4.34. The SMILES string of the molecule is CN=C(NCc1ccsc1)NCC1CN(CC(C)C)CCO1. The largest absolute Gasteiger partial charge is 0.374 e. The minimum atomic E-state index is 0.229. The number of aliphatic imine (C=N–C) groups is 1. The van der Waals surface area contributed by atoms with Crippen molar-refractivity contribution in [3.05, 3.63) is 22.4 Å². The van der Waals surface area contributed by atoms with E-state index in [-0.39, 0.29) is 6.10 Å². The van der Waals surface area contributed by atoms with Crippen LogP contribution in [0.3, 0.4) is 0 Å². The van der Waals surface area contributed by atoms with Crippen molar-refractivity contribution in [2.24, 2.45) is 10.9 Å². The molecule has 0 radical (unpaired) electrons. The summed E-state index contributed by atoms with van der Waals surface area (Å²) in [5, 5.41) is 10.9. The Morgan fingerprint density at radius 1 is 1.50 bits per heavy atom. The Labute approximate surface area is 137 Å². The molecule has 124 valence electrons. The van der Waals surface area contributed by atoms with Gasteiger partial charge >= 0.3 is 0 Å². The molecule has 2 rings (SSSR count). The van der Waals surface area contributed by atoms with Gasteiger partial charge in [0.15, 0.2) is 5.96 Å². The fraction of sp³-hybridized carbons (Fsp3) is 0.688. The average molecular weight is 324 g/mol. The quantitative estimate of drug-likeness (QED) is 0.618. The van der Waals surface area contributed by atoms with E-state index in [4.69, 9.17) is 4.74 Å². The van der Waals surface area contributed by atoms with Gasteiger partial charge in [-0.1, -0.05) is 13.8 Å². The molecule has 6 heteroatoms. The second-order valence-electron chi connectivity index (χ2n) is 6.08. The smallest absolute Gasteiger partial charge is 0.191 e. The Morgan fingerprint density at radius 3 is 3.05 bits per heavy atom. The first-order valence-corrected chi connectivity index (χ1v) is 8.91. The van der Waals surface area contributed by atoms with E-state index in [9.17, 15) is 0 Å². The van der Waals surface area contributed by atoms with Gasteiger partial charge in [0.1, 0.15) is 0 Å². The van der Waals surface area contributed by atoms with Crippen molar-refractivity contribution in [3.63, 3.8) is 0 Å². The van der Waals surface area contributed by atoms with Crippen LogP contribution in [0.2, 0.25) is 0 Å². The number of nitrogens with zero attached hydrogens (tertiary/aromatic N) is 2. The van der Waals surface area contributed by atoms with E-state index in [1.807, 2.05) is 0 Å². The molecule has 1 aromatic rings. The van der Waals surface area contributed by atoms with Crippen LogP contribution in [-0.2, 0) is 11.3 Å². The van der Waals surface area contributed by atoms with Crippen molar-refractivity contribution < 1.29 is 4.74 Å². The molecule has 0 amide bonds. The molecule has 2 N–H and O–H groups in total. The Bertz CT molecular complexity index is 447. The zero-order valence-electron chi connectivity index (χ0n) is 13.8. The van der Waals surface area contributed by atoms with Crippen molar-refractivity contribution in [1.29, 1.82) is 0 Å². The second kappa shape index (κ2) is 9.12. The van der Waals surface area contributed by atoms with Gasteiger partial charge in [-0.05, 0) is 28.3 Å². The highest BCUT2D eigenvalue weighted by molar-refractivity contribution is 7.07. The Hall–Kier alpha value is -1.11. The van der Waals surface area contributed by atoms with E-state index in [0.717, 1.165) is 45.3 Å². The normalized spacial score (nSPS) is 20.4. The van der Waals surface area contributed by atoms with Gasteiger partial charge in [0.05, 0.1) is 12.7 Å². The molecule has 1 aromatic heterocycles. The number of hydrogen-bond donors (Lipinski definition) is 2. The average Bonchev–Trinajstić information content (AvgIpc) is 3.00. The zero-order valence-corrected chi connectivity index (χ0v) is 14.7. The Morgan fingerprint density at radius 2 is 2.36 bits per heavy atom. The Balaban J connectivity index is 1.70. The molecule has 5 nitrogen and oxygen atoms in total. The minimum absolute atomic E-state index is 0.229. The fourth-order valence-corrected chi connectivity index (χ4v) is 3.26. The Kier molecular flexibility index (Phi) is 7.15. The van der Waals surface area contributed by atoms with Crippen LogP contribution in [0, 0.1) is 5.92 Å². The molecule has 0 saturated carbocycles. The molecule has 1 saturated heterocycles. The standard InChI is InChI=1S/C16H28N4OS/c1-13(2)10-20-5-6-21-15(11-20)9-19-16(17-3)18-8-14-4-7-22-12-14/h4,7,12-13,15H,5-6,8-11H2,1-3H3,(H2,17,18,19). The predicted octanol–water partition coefficient (Wildman–Crippen LogP) is 1.77.